The summed E-state index contributed by atoms with van der Waals surface area (Å²) in [5, 5.41) is 1.62. The molecule has 0 bridgehead atoms. The molecule has 1 unspecified atom stereocenters. The zero-order valence-corrected chi connectivity index (χ0v) is 16.6. The molecule has 1 aromatic carbocycles. The van der Waals surface area contributed by atoms with Gasteiger partial charge in [0.05, 0.1) is 13.2 Å². The van der Waals surface area contributed by atoms with E-state index in [-0.39, 0.29) is 10.1 Å². The fourth-order valence-electron chi connectivity index (χ4n) is 2.65. The van der Waals surface area contributed by atoms with Gasteiger partial charge in [0.1, 0.15) is 10.8 Å². The lowest BCUT2D eigenvalue weighted by molar-refractivity contribution is -0.161. The third-order valence-electron chi connectivity index (χ3n) is 4.07. The molecule has 0 radical (unpaired) electrons. The highest BCUT2D eigenvalue weighted by atomic mass is 32.2. The van der Waals surface area contributed by atoms with E-state index in [2.05, 4.69) is 4.72 Å². The minimum Gasteiger partial charge on any atom is -0.446 e. The van der Waals surface area contributed by atoms with Crippen molar-refractivity contribution in [1.82, 2.24) is 9.62 Å². The van der Waals surface area contributed by atoms with Gasteiger partial charge in [-0.05, 0) is 11.4 Å². The van der Waals surface area contributed by atoms with Crippen molar-refractivity contribution in [1.29, 1.82) is 0 Å². The van der Waals surface area contributed by atoms with Crippen LogP contribution in [0.4, 0.5) is 0 Å². The summed E-state index contributed by atoms with van der Waals surface area (Å²) in [4.78, 5) is 26.7. The number of ether oxygens (including phenoxy) is 2. The van der Waals surface area contributed by atoms with E-state index >= 15 is 0 Å². The summed E-state index contributed by atoms with van der Waals surface area (Å²) in [5.41, 5.74) is 0.522. The molecule has 28 heavy (non-hydrogen) atoms. The van der Waals surface area contributed by atoms with Crippen LogP contribution >= 0.6 is 11.3 Å². The van der Waals surface area contributed by atoms with Crippen LogP contribution in [0.3, 0.4) is 0 Å². The molecule has 10 heteroatoms. The number of carbonyl (C=O) groups is 2. The van der Waals surface area contributed by atoms with Crippen molar-refractivity contribution in [3.63, 3.8) is 0 Å². The van der Waals surface area contributed by atoms with Gasteiger partial charge in [-0.15, -0.1) is 11.3 Å². The van der Waals surface area contributed by atoms with Crippen LogP contribution < -0.4 is 4.72 Å². The van der Waals surface area contributed by atoms with Crippen molar-refractivity contribution in [2.24, 2.45) is 0 Å². The molecule has 1 fully saturated rings. The first-order chi connectivity index (χ1) is 13.5. The van der Waals surface area contributed by atoms with Crippen LogP contribution in [0.15, 0.2) is 52.1 Å². The lowest BCUT2D eigenvalue weighted by Crippen LogP contribution is -2.44. The number of sulfonamides is 1. The molecule has 0 saturated carbocycles. The second-order valence-electron chi connectivity index (χ2n) is 5.97. The summed E-state index contributed by atoms with van der Waals surface area (Å²) in [7, 11) is -3.80. The van der Waals surface area contributed by atoms with Gasteiger partial charge >= 0.3 is 5.97 Å². The lowest BCUT2D eigenvalue weighted by atomic mass is 10.1. The molecule has 2 aromatic rings. The molecule has 1 aromatic heterocycles. The van der Waals surface area contributed by atoms with Gasteiger partial charge in [0.15, 0.2) is 0 Å². The average molecular weight is 425 g/mol. The number of amides is 1. The first-order valence-electron chi connectivity index (χ1n) is 8.61. The van der Waals surface area contributed by atoms with E-state index in [0.29, 0.717) is 31.9 Å². The molecule has 3 rings (SSSR count). The Balaban J connectivity index is 1.68. The molecule has 0 spiro atoms. The highest BCUT2D eigenvalue weighted by Gasteiger charge is 2.30. The minimum absolute atomic E-state index is 0.101. The number of carbonyl (C=O) groups excluding carboxylic acids is 2. The first kappa shape index (κ1) is 20.5. The molecule has 1 aliphatic rings. The topological polar surface area (TPSA) is 102 Å². The van der Waals surface area contributed by atoms with E-state index in [1.807, 2.05) is 0 Å². The summed E-state index contributed by atoms with van der Waals surface area (Å²) in [6.07, 6.45) is -1.14. The molecule has 1 atom stereocenters. The maximum absolute atomic E-state index is 12.9. The Morgan fingerprint density at radius 2 is 1.86 bits per heavy atom. The number of nitrogens with zero attached hydrogens (tertiary/aromatic N) is 1. The minimum atomic E-state index is -3.80. The van der Waals surface area contributed by atoms with E-state index in [0.717, 1.165) is 11.3 Å². The Labute approximate surface area is 167 Å². The number of hydrogen-bond acceptors (Lipinski definition) is 7. The molecule has 1 N–H and O–H groups in total. The Kier molecular flexibility index (Phi) is 6.79. The maximum Gasteiger partial charge on any atom is 0.322 e. The Hall–Kier alpha value is -2.27. The van der Waals surface area contributed by atoms with E-state index in [4.69, 9.17) is 9.47 Å². The number of benzene rings is 1. The quantitative estimate of drug-likeness (QED) is 0.670. The largest absolute Gasteiger partial charge is 0.446 e. The summed E-state index contributed by atoms with van der Waals surface area (Å²) < 4.78 is 37.2. The van der Waals surface area contributed by atoms with Crippen LogP contribution in [0.25, 0.3) is 0 Å². The second kappa shape index (κ2) is 9.28. The number of rotatable bonds is 7. The predicted octanol–water partition coefficient (Wildman–Crippen LogP) is 1.17. The molecule has 1 saturated heterocycles. The molecule has 8 nitrogen and oxygen atoms in total. The van der Waals surface area contributed by atoms with Crippen molar-refractivity contribution in [2.75, 3.05) is 32.8 Å². The fraction of sp³-hybridized carbons (Fsp3) is 0.333. The molecular weight excluding hydrogens is 404 g/mol. The van der Waals surface area contributed by atoms with Gasteiger partial charge in [0, 0.05) is 18.7 Å². The number of nitrogens with one attached hydrogen (secondary N) is 1. The second-order valence-corrected chi connectivity index (χ2v) is 8.92. The predicted molar refractivity (Wildman–Crippen MR) is 102 cm³/mol. The van der Waals surface area contributed by atoms with E-state index in [1.165, 1.54) is 6.07 Å². The molecular formula is C18H20N2O6S2. The fourth-order valence-corrected chi connectivity index (χ4v) is 4.66. The van der Waals surface area contributed by atoms with Gasteiger partial charge in [0.2, 0.25) is 6.10 Å². The van der Waals surface area contributed by atoms with Crippen molar-refractivity contribution < 1.29 is 27.5 Å². The van der Waals surface area contributed by atoms with Crippen LogP contribution in [0, 0.1) is 0 Å². The van der Waals surface area contributed by atoms with Crippen molar-refractivity contribution >= 4 is 33.2 Å². The third kappa shape index (κ3) is 5.16. The van der Waals surface area contributed by atoms with Crippen LogP contribution in [0.1, 0.15) is 11.7 Å². The van der Waals surface area contributed by atoms with Gasteiger partial charge < -0.3 is 14.4 Å². The van der Waals surface area contributed by atoms with Gasteiger partial charge in [-0.25, -0.2) is 8.42 Å². The van der Waals surface area contributed by atoms with E-state index in [1.54, 1.807) is 46.7 Å². The molecule has 150 valence electrons. The molecule has 1 amide bonds. The number of esters is 1. The van der Waals surface area contributed by atoms with Gasteiger partial charge in [-0.2, -0.15) is 4.72 Å². The van der Waals surface area contributed by atoms with Crippen LogP contribution in [-0.4, -0.2) is 58.0 Å². The maximum atomic E-state index is 12.9. The van der Waals surface area contributed by atoms with Crippen LogP contribution in [0.5, 0.6) is 0 Å². The highest BCUT2D eigenvalue weighted by molar-refractivity contribution is 7.91. The Morgan fingerprint density at radius 1 is 1.14 bits per heavy atom. The summed E-state index contributed by atoms with van der Waals surface area (Å²) in [6, 6.07) is 11.7. The van der Waals surface area contributed by atoms with Gasteiger partial charge in [-0.1, -0.05) is 36.4 Å². The van der Waals surface area contributed by atoms with Crippen molar-refractivity contribution in [2.45, 2.75) is 10.3 Å². The first-order valence-corrected chi connectivity index (χ1v) is 11.0. The summed E-state index contributed by atoms with van der Waals surface area (Å²) >= 11 is 1.04. The SMILES string of the molecule is O=C(CNS(=O)(=O)c1cccs1)OC(C(=O)N1CCOCC1)c1ccccc1. The van der Waals surface area contributed by atoms with Crippen molar-refractivity contribution in [3.8, 4) is 0 Å². The van der Waals surface area contributed by atoms with E-state index in [9.17, 15) is 18.0 Å². The lowest BCUT2D eigenvalue weighted by Gasteiger charge is -2.30. The van der Waals surface area contributed by atoms with Crippen molar-refractivity contribution in [3.05, 3.63) is 53.4 Å². The van der Waals surface area contributed by atoms with Gasteiger partial charge in [0.25, 0.3) is 15.9 Å². The third-order valence-corrected chi connectivity index (χ3v) is 6.86. The average Bonchev–Trinajstić information content (AvgIpc) is 3.27. The summed E-state index contributed by atoms with van der Waals surface area (Å²) in [5.74, 6) is -1.19. The van der Waals surface area contributed by atoms with Crippen LogP contribution in [0.2, 0.25) is 0 Å². The van der Waals surface area contributed by atoms with E-state index < -0.39 is 28.6 Å². The van der Waals surface area contributed by atoms with Crippen LogP contribution in [-0.2, 0) is 29.1 Å². The normalized spacial score (nSPS) is 15.8. The molecule has 0 aliphatic carbocycles. The zero-order valence-electron chi connectivity index (χ0n) is 14.9. The number of hydrogen-bond donors (Lipinski definition) is 1. The Bertz CT molecular complexity index is 893. The standard InChI is InChI=1S/C18H20N2O6S2/c21-15(13-19-28(23,24)16-7-4-12-27-16)26-17(14-5-2-1-3-6-14)18(22)20-8-10-25-11-9-20/h1-7,12,17,19H,8-11,13H2. The highest BCUT2D eigenvalue weighted by Crippen LogP contribution is 2.21. The van der Waals surface area contributed by atoms with Gasteiger partial charge in [-0.3, -0.25) is 9.59 Å². The summed E-state index contributed by atoms with van der Waals surface area (Å²) in [6.45, 7) is 1.08. The number of morpholine rings is 1. The molecule has 2 heterocycles. The Morgan fingerprint density at radius 3 is 2.50 bits per heavy atom. The zero-order chi connectivity index (χ0) is 20.0. The molecule has 1 aliphatic heterocycles. The number of thiophene rings is 1. The monoisotopic (exact) mass is 424 g/mol. The smallest absolute Gasteiger partial charge is 0.322 e.